The lowest BCUT2D eigenvalue weighted by Gasteiger charge is -2.43. The standard InChI is InChI=1S/C28H39N3O5/c1-4-29-28(33)30-23-8-5-7-22(15-23)27-35-25(16-31-14-6-9-24(31)18-34-3)19(2)26(36-27)21-12-10-20(17-32)11-13-21/h5,7-8,10-13,15,19,24-27,32H,4,6,9,14,16-18H2,1-3H3,(H2,29,30,33). The molecule has 5 unspecified atom stereocenters. The van der Waals surface area contributed by atoms with E-state index in [1.807, 2.05) is 55.5 Å². The number of aliphatic hydroxyl groups excluding tert-OH is 1. The fourth-order valence-electron chi connectivity index (χ4n) is 5.17. The summed E-state index contributed by atoms with van der Waals surface area (Å²) in [5, 5.41) is 15.1. The van der Waals surface area contributed by atoms with Gasteiger partial charge in [0, 0.05) is 43.4 Å². The fraction of sp³-hybridized carbons (Fsp3) is 0.536. The van der Waals surface area contributed by atoms with E-state index in [1.165, 1.54) is 0 Å². The summed E-state index contributed by atoms with van der Waals surface area (Å²) in [6, 6.07) is 15.7. The number of hydrogen-bond acceptors (Lipinski definition) is 6. The Balaban J connectivity index is 1.58. The van der Waals surface area contributed by atoms with Crippen molar-refractivity contribution in [2.45, 2.75) is 57.8 Å². The minimum atomic E-state index is -0.576. The van der Waals surface area contributed by atoms with Gasteiger partial charge in [0.2, 0.25) is 0 Å². The van der Waals surface area contributed by atoms with Crippen molar-refractivity contribution in [2.24, 2.45) is 5.92 Å². The SMILES string of the molecule is CCNC(=O)Nc1cccc(C2OC(CN3CCCC3COC)C(C)C(c3ccc(CO)cc3)O2)c1. The number of urea groups is 1. The summed E-state index contributed by atoms with van der Waals surface area (Å²) in [5.74, 6) is 0.113. The number of ether oxygens (including phenoxy) is 3. The highest BCUT2D eigenvalue weighted by atomic mass is 16.7. The van der Waals surface area contributed by atoms with Gasteiger partial charge in [-0.15, -0.1) is 0 Å². The van der Waals surface area contributed by atoms with Gasteiger partial charge < -0.3 is 30.0 Å². The van der Waals surface area contributed by atoms with Gasteiger partial charge in [0.05, 0.1) is 25.4 Å². The molecular formula is C28H39N3O5. The van der Waals surface area contributed by atoms with E-state index >= 15 is 0 Å². The molecule has 0 spiro atoms. The van der Waals surface area contributed by atoms with E-state index < -0.39 is 6.29 Å². The topological polar surface area (TPSA) is 92.3 Å². The van der Waals surface area contributed by atoms with Crippen LogP contribution in [0.2, 0.25) is 0 Å². The molecule has 2 amide bonds. The molecular weight excluding hydrogens is 458 g/mol. The van der Waals surface area contributed by atoms with E-state index in [0.717, 1.165) is 49.2 Å². The molecule has 2 aliphatic heterocycles. The Bertz CT molecular complexity index is 985. The third-order valence-corrected chi connectivity index (χ3v) is 7.15. The van der Waals surface area contributed by atoms with Crippen LogP contribution in [0.15, 0.2) is 48.5 Å². The minimum Gasteiger partial charge on any atom is -0.392 e. The fourth-order valence-corrected chi connectivity index (χ4v) is 5.17. The van der Waals surface area contributed by atoms with Crippen LogP contribution in [0.4, 0.5) is 10.5 Å². The van der Waals surface area contributed by atoms with E-state index in [9.17, 15) is 9.90 Å². The molecule has 36 heavy (non-hydrogen) atoms. The Morgan fingerprint density at radius 1 is 1.17 bits per heavy atom. The Morgan fingerprint density at radius 2 is 1.97 bits per heavy atom. The van der Waals surface area contributed by atoms with E-state index in [2.05, 4.69) is 22.5 Å². The zero-order valence-electron chi connectivity index (χ0n) is 21.5. The van der Waals surface area contributed by atoms with Crippen molar-refractivity contribution < 1.29 is 24.1 Å². The second-order valence-corrected chi connectivity index (χ2v) is 9.68. The number of nitrogens with one attached hydrogen (secondary N) is 2. The quantitative estimate of drug-likeness (QED) is 0.480. The number of likely N-dealkylation sites (tertiary alicyclic amines) is 1. The van der Waals surface area contributed by atoms with Gasteiger partial charge in [-0.3, -0.25) is 4.90 Å². The lowest BCUT2D eigenvalue weighted by Crippen LogP contribution is -2.46. The highest BCUT2D eigenvalue weighted by Crippen LogP contribution is 2.42. The smallest absolute Gasteiger partial charge is 0.319 e. The molecule has 0 radical (unpaired) electrons. The number of rotatable bonds is 9. The maximum Gasteiger partial charge on any atom is 0.319 e. The zero-order chi connectivity index (χ0) is 25.5. The molecule has 3 N–H and O–H groups in total. The van der Waals surface area contributed by atoms with Gasteiger partial charge in [0.1, 0.15) is 0 Å². The van der Waals surface area contributed by atoms with Crippen molar-refractivity contribution >= 4 is 11.7 Å². The molecule has 2 aromatic rings. The zero-order valence-corrected chi connectivity index (χ0v) is 21.5. The van der Waals surface area contributed by atoms with Gasteiger partial charge >= 0.3 is 6.03 Å². The van der Waals surface area contributed by atoms with E-state index in [1.54, 1.807) is 7.11 Å². The van der Waals surface area contributed by atoms with Crippen LogP contribution in [-0.4, -0.2) is 61.5 Å². The lowest BCUT2D eigenvalue weighted by atomic mass is 9.90. The number of benzene rings is 2. The molecule has 8 heteroatoms. The van der Waals surface area contributed by atoms with Crippen LogP contribution in [-0.2, 0) is 20.8 Å². The van der Waals surface area contributed by atoms with Crippen LogP contribution in [0.1, 0.15) is 55.8 Å². The van der Waals surface area contributed by atoms with Gasteiger partial charge in [0.25, 0.3) is 0 Å². The summed E-state index contributed by atoms with van der Waals surface area (Å²) < 4.78 is 18.6. The first kappa shape index (κ1) is 26.6. The van der Waals surface area contributed by atoms with Crippen molar-refractivity contribution in [1.82, 2.24) is 10.2 Å². The molecule has 0 saturated carbocycles. The van der Waals surface area contributed by atoms with E-state index in [4.69, 9.17) is 14.2 Å². The Hall–Kier alpha value is -2.49. The Labute approximate surface area is 213 Å². The second-order valence-electron chi connectivity index (χ2n) is 9.68. The number of carbonyl (C=O) groups excluding carboxylic acids is 1. The molecule has 2 fully saturated rings. The van der Waals surface area contributed by atoms with Crippen molar-refractivity contribution in [3.8, 4) is 0 Å². The van der Waals surface area contributed by atoms with E-state index in [-0.39, 0.29) is 30.8 Å². The predicted octanol–water partition coefficient (Wildman–Crippen LogP) is 4.22. The normalized spacial score (nSPS) is 26.6. The first-order valence-electron chi connectivity index (χ1n) is 12.9. The summed E-state index contributed by atoms with van der Waals surface area (Å²) in [4.78, 5) is 14.5. The summed E-state index contributed by atoms with van der Waals surface area (Å²) in [7, 11) is 1.76. The first-order valence-corrected chi connectivity index (χ1v) is 12.9. The third-order valence-electron chi connectivity index (χ3n) is 7.15. The maximum absolute atomic E-state index is 12.0. The lowest BCUT2D eigenvalue weighted by molar-refractivity contribution is -0.276. The third kappa shape index (κ3) is 6.44. The average Bonchev–Trinajstić information content (AvgIpc) is 3.32. The highest BCUT2D eigenvalue weighted by molar-refractivity contribution is 5.89. The first-order chi connectivity index (χ1) is 17.5. The summed E-state index contributed by atoms with van der Waals surface area (Å²) >= 11 is 0. The molecule has 2 heterocycles. The number of amides is 2. The number of anilines is 1. The van der Waals surface area contributed by atoms with Crippen molar-refractivity contribution in [3.05, 3.63) is 65.2 Å². The average molecular weight is 498 g/mol. The van der Waals surface area contributed by atoms with Gasteiger partial charge in [-0.1, -0.05) is 43.3 Å². The van der Waals surface area contributed by atoms with Gasteiger partial charge in [0.15, 0.2) is 6.29 Å². The van der Waals surface area contributed by atoms with Crippen molar-refractivity contribution in [3.63, 3.8) is 0 Å². The Morgan fingerprint density at radius 3 is 2.69 bits per heavy atom. The molecule has 0 aliphatic carbocycles. The van der Waals surface area contributed by atoms with E-state index in [0.29, 0.717) is 18.3 Å². The molecule has 2 aliphatic rings. The van der Waals surface area contributed by atoms with Crippen molar-refractivity contribution in [2.75, 3.05) is 38.7 Å². The number of nitrogens with zero attached hydrogens (tertiary/aromatic N) is 1. The van der Waals surface area contributed by atoms with Crippen LogP contribution >= 0.6 is 0 Å². The van der Waals surface area contributed by atoms with Gasteiger partial charge in [-0.25, -0.2) is 4.79 Å². The monoisotopic (exact) mass is 497 g/mol. The highest BCUT2D eigenvalue weighted by Gasteiger charge is 2.40. The largest absolute Gasteiger partial charge is 0.392 e. The molecule has 8 nitrogen and oxygen atoms in total. The van der Waals surface area contributed by atoms with Crippen LogP contribution < -0.4 is 10.6 Å². The molecule has 4 rings (SSSR count). The minimum absolute atomic E-state index is 0.0109. The van der Waals surface area contributed by atoms with Crippen LogP contribution in [0.25, 0.3) is 0 Å². The van der Waals surface area contributed by atoms with Crippen LogP contribution in [0.3, 0.4) is 0 Å². The molecule has 2 saturated heterocycles. The summed E-state index contributed by atoms with van der Waals surface area (Å²) in [6.45, 7) is 7.19. The van der Waals surface area contributed by atoms with Crippen molar-refractivity contribution in [1.29, 1.82) is 0 Å². The number of hydrogen-bond donors (Lipinski definition) is 3. The number of aliphatic hydroxyl groups is 1. The Kier molecular flexibility index (Phi) is 9.34. The van der Waals surface area contributed by atoms with Crippen LogP contribution in [0.5, 0.6) is 0 Å². The maximum atomic E-state index is 12.0. The molecule has 5 atom stereocenters. The molecule has 196 valence electrons. The van der Waals surface area contributed by atoms with Gasteiger partial charge in [-0.05, 0) is 49.6 Å². The second kappa shape index (κ2) is 12.7. The summed E-state index contributed by atoms with van der Waals surface area (Å²) in [6.07, 6.45) is 1.49. The summed E-state index contributed by atoms with van der Waals surface area (Å²) in [5.41, 5.74) is 3.47. The predicted molar refractivity (Wildman–Crippen MR) is 139 cm³/mol. The molecule has 0 bridgehead atoms. The van der Waals surface area contributed by atoms with Gasteiger partial charge in [-0.2, -0.15) is 0 Å². The van der Waals surface area contributed by atoms with Crippen LogP contribution in [0, 0.1) is 5.92 Å². The molecule has 0 aromatic heterocycles. The number of carbonyl (C=O) groups is 1. The molecule has 2 aromatic carbocycles. The number of methoxy groups -OCH3 is 1.